The largest absolute Gasteiger partial charge is 0.358 e. The van der Waals surface area contributed by atoms with Crippen LogP contribution in [0.2, 0.25) is 0 Å². The molecule has 27 heavy (non-hydrogen) atoms. The first-order chi connectivity index (χ1) is 12.9. The fraction of sp³-hybridized carbons (Fsp3) is 0.591. The van der Waals surface area contributed by atoms with E-state index < -0.39 is 0 Å². The number of para-hydroxylation sites is 1. The van der Waals surface area contributed by atoms with Gasteiger partial charge < -0.3 is 9.88 Å². The Labute approximate surface area is 162 Å². The van der Waals surface area contributed by atoms with Crippen molar-refractivity contribution in [1.29, 1.82) is 0 Å². The average Bonchev–Trinajstić information content (AvgIpc) is 2.87. The third-order valence-electron chi connectivity index (χ3n) is 7.05. The topological polar surface area (TPSA) is 42.6 Å². The molecule has 0 unspecified atom stereocenters. The third-order valence-corrected chi connectivity index (χ3v) is 7.05. The minimum atomic E-state index is 0.119. The predicted octanol–water partition coefficient (Wildman–Crippen LogP) is 2.91. The Bertz CT molecular complexity index is 857. The van der Waals surface area contributed by atoms with Crippen molar-refractivity contribution < 1.29 is 4.79 Å². The maximum absolute atomic E-state index is 12.2. The van der Waals surface area contributed by atoms with Crippen molar-refractivity contribution in [2.24, 2.45) is 0 Å². The number of hydrogen-bond acceptors (Lipinski definition) is 3. The maximum Gasteiger partial charge on any atom is 0.222 e. The Morgan fingerprint density at radius 1 is 1.11 bits per heavy atom. The lowest BCUT2D eigenvalue weighted by atomic mass is 9.86. The molecule has 1 N–H and O–H groups in total. The lowest BCUT2D eigenvalue weighted by Gasteiger charge is -2.49. The van der Waals surface area contributed by atoms with E-state index in [-0.39, 0.29) is 5.54 Å². The van der Waals surface area contributed by atoms with E-state index in [1.165, 1.54) is 27.7 Å². The van der Waals surface area contributed by atoms with Crippen molar-refractivity contribution in [1.82, 2.24) is 19.7 Å². The van der Waals surface area contributed by atoms with E-state index in [2.05, 4.69) is 53.9 Å². The molecule has 1 atom stereocenters. The third kappa shape index (κ3) is 3.27. The summed E-state index contributed by atoms with van der Waals surface area (Å²) >= 11 is 0. The highest BCUT2D eigenvalue weighted by molar-refractivity contribution is 5.87. The lowest BCUT2D eigenvalue weighted by molar-refractivity contribution is -0.129. The number of aromatic nitrogens is 1. The number of aryl methyl sites for hydroxylation is 2. The Morgan fingerprint density at radius 2 is 1.93 bits per heavy atom. The van der Waals surface area contributed by atoms with E-state index in [9.17, 15) is 4.79 Å². The van der Waals surface area contributed by atoms with Crippen LogP contribution >= 0.6 is 0 Å². The standard InChI is InChI=1S/C22H32N4O/c1-16-17(2)23-21-18(6-5-7-19(16)21)14-26-13-12-25(4)22(15-26)9-8-20(27)24(3)11-10-22/h5-7,23H,8-15H2,1-4H3/t22-/m0/s1. The van der Waals surface area contributed by atoms with Gasteiger partial charge in [0.2, 0.25) is 5.91 Å². The number of nitrogens with zero attached hydrogens (tertiary/aromatic N) is 3. The summed E-state index contributed by atoms with van der Waals surface area (Å²) in [4.78, 5) is 22.8. The minimum Gasteiger partial charge on any atom is -0.358 e. The second-order valence-electron chi connectivity index (χ2n) is 8.64. The summed E-state index contributed by atoms with van der Waals surface area (Å²) in [6, 6.07) is 6.66. The van der Waals surface area contributed by atoms with Gasteiger partial charge in [-0.15, -0.1) is 0 Å². The van der Waals surface area contributed by atoms with Crippen LogP contribution in [0, 0.1) is 13.8 Å². The Kier molecular flexibility index (Phi) is 4.77. The van der Waals surface area contributed by atoms with Crippen molar-refractivity contribution in [2.75, 3.05) is 40.3 Å². The molecule has 2 aliphatic heterocycles. The molecule has 4 rings (SSSR count). The fourth-order valence-electron chi connectivity index (χ4n) is 4.89. The van der Waals surface area contributed by atoms with E-state index in [1.807, 2.05) is 11.9 Å². The number of aromatic amines is 1. The Morgan fingerprint density at radius 3 is 2.74 bits per heavy atom. The first-order valence-corrected chi connectivity index (χ1v) is 10.1. The van der Waals surface area contributed by atoms with Crippen LogP contribution in [0.5, 0.6) is 0 Å². The molecule has 2 aliphatic rings. The van der Waals surface area contributed by atoms with Crippen molar-refractivity contribution >= 4 is 16.8 Å². The predicted molar refractivity (Wildman–Crippen MR) is 110 cm³/mol. The summed E-state index contributed by atoms with van der Waals surface area (Å²) in [6.07, 6.45) is 2.69. The van der Waals surface area contributed by atoms with Crippen molar-refractivity contribution in [3.63, 3.8) is 0 Å². The van der Waals surface area contributed by atoms with E-state index in [0.29, 0.717) is 12.3 Å². The van der Waals surface area contributed by atoms with Gasteiger partial charge in [0.15, 0.2) is 0 Å². The monoisotopic (exact) mass is 368 g/mol. The summed E-state index contributed by atoms with van der Waals surface area (Å²) in [5.74, 6) is 0.291. The van der Waals surface area contributed by atoms with Crippen LogP contribution in [0.4, 0.5) is 0 Å². The molecule has 0 aliphatic carbocycles. The molecule has 1 amide bonds. The number of hydrogen-bond donors (Lipinski definition) is 1. The van der Waals surface area contributed by atoms with Gasteiger partial charge >= 0.3 is 0 Å². The summed E-state index contributed by atoms with van der Waals surface area (Å²) in [5.41, 5.74) is 5.40. The van der Waals surface area contributed by atoms with Crippen LogP contribution < -0.4 is 0 Å². The molecule has 3 heterocycles. The van der Waals surface area contributed by atoms with Crippen LogP contribution in [0.1, 0.15) is 36.1 Å². The number of carbonyl (C=O) groups is 1. The minimum absolute atomic E-state index is 0.119. The first kappa shape index (κ1) is 18.5. The molecular formula is C22H32N4O. The Balaban J connectivity index is 1.57. The first-order valence-electron chi connectivity index (χ1n) is 10.1. The molecule has 1 aromatic carbocycles. The van der Waals surface area contributed by atoms with Crippen LogP contribution in [-0.4, -0.2) is 71.4 Å². The van der Waals surface area contributed by atoms with Gasteiger partial charge in [-0.3, -0.25) is 14.6 Å². The number of likely N-dealkylation sites (N-methyl/N-ethyl adjacent to an activating group) is 1. The fourth-order valence-corrected chi connectivity index (χ4v) is 4.89. The smallest absolute Gasteiger partial charge is 0.222 e. The van der Waals surface area contributed by atoms with Gasteiger partial charge in [0.05, 0.1) is 5.52 Å². The van der Waals surface area contributed by atoms with Crippen LogP contribution in [0.15, 0.2) is 18.2 Å². The normalized spacial score (nSPS) is 25.5. The van der Waals surface area contributed by atoms with E-state index in [1.54, 1.807) is 0 Å². The van der Waals surface area contributed by atoms with Gasteiger partial charge in [-0.05, 0) is 44.9 Å². The van der Waals surface area contributed by atoms with Crippen molar-refractivity contribution in [2.45, 2.75) is 45.2 Å². The summed E-state index contributed by atoms with van der Waals surface area (Å²) in [6.45, 7) is 9.37. The maximum atomic E-state index is 12.2. The van der Waals surface area contributed by atoms with Gasteiger partial charge in [-0.2, -0.15) is 0 Å². The zero-order valence-corrected chi connectivity index (χ0v) is 17.1. The number of likely N-dealkylation sites (tertiary alicyclic amines) is 1. The lowest BCUT2D eigenvalue weighted by Crippen LogP contribution is -2.60. The molecular weight excluding hydrogens is 336 g/mol. The number of amides is 1. The number of H-pyrrole nitrogens is 1. The molecule has 5 nitrogen and oxygen atoms in total. The molecule has 5 heteroatoms. The number of nitrogens with one attached hydrogen (secondary N) is 1. The zero-order valence-electron chi connectivity index (χ0n) is 17.1. The van der Waals surface area contributed by atoms with E-state index in [0.717, 1.165) is 45.6 Å². The average molecular weight is 369 g/mol. The number of benzene rings is 1. The molecule has 2 saturated heterocycles. The highest BCUT2D eigenvalue weighted by atomic mass is 16.2. The van der Waals surface area contributed by atoms with Crippen molar-refractivity contribution in [3.05, 3.63) is 35.0 Å². The van der Waals surface area contributed by atoms with Gasteiger partial charge in [-0.1, -0.05) is 18.2 Å². The summed E-state index contributed by atoms with van der Waals surface area (Å²) < 4.78 is 0. The van der Waals surface area contributed by atoms with Gasteiger partial charge in [0.1, 0.15) is 0 Å². The van der Waals surface area contributed by atoms with Crippen LogP contribution in [0.3, 0.4) is 0 Å². The zero-order chi connectivity index (χ0) is 19.2. The molecule has 2 fully saturated rings. The molecule has 0 bridgehead atoms. The molecule has 1 aromatic heterocycles. The van der Waals surface area contributed by atoms with E-state index >= 15 is 0 Å². The quantitative estimate of drug-likeness (QED) is 0.886. The number of rotatable bonds is 2. The van der Waals surface area contributed by atoms with Crippen molar-refractivity contribution in [3.8, 4) is 0 Å². The summed E-state index contributed by atoms with van der Waals surface area (Å²) in [7, 11) is 4.18. The number of piperazine rings is 1. The Hall–Kier alpha value is -1.85. The second kappa shape index (κ2) is 6.95. The van der Waals surface area contributed by atoms with Crippen LogP contribution in [0.25, 0.3) is 10.9 Å². The van der Waals surface area contributed by atoms with Gasteiger partial charge in [0.25, 0.3) is 0 Å². The number of carbonyl (C=O) groups excluding carboxylic acids is 1. The number of fused-ring (bicyclic) bond motifs is 1. The molecule has 0 saturated carbocycles. The highest BCUT2D eigenvalue weighted by Gasteiger charge is 2.41. The van der Waals surface area contributed by atoms with E-state index in [4.69, 9.17) is 0 Å². The second-order valence-corrected chi connectivity index (χ2v) is 8.64. The molecule has 2 aromatic rings. The van der Waals surface area contributed by atoms with Gasteiger partial charge in [-0.25, -0.2) is 0 Å². The van der Waals surface area contributed by atoms with Crippen LogP contribution in [-0.2, 0) is 11.3 Å². The SMILES string of the molecule is Cc1[nH]c2c(CN3CCN(C)[C@]4(CCC(=O)N(C)CC4)C3)cccc2c1C. The molecule has 0 radical (unpaired) electrons. The molecule has 146 valence electrons. The molecule has 1 spiro atoms. The highest BCUT2D eigenvalue weighted by Crippen LogP contribution is 2.33. The summed E-state index contributed by atoms with van der Waals surface area (Å²) in [5, 5.41) is 1.34. The van der Waals surface area contributed by atoms with Gasteiger partial charge in [0, 0.05) is 62.8 Å².